The number of piperidine rings is 1. The summed E-state index contributed by atoms with van der Waals surface area (Å²) in [5.41, 5.74) is 1.29. The van der Waals surface area contributed by atoms with Gasteiger partial charge in [0.25, 0.3) is 0 Å². The molecule has 0 bridgehead atoms. The van der Waals surface area contributed by atoms with Crippen molar-refractivity contribution in [2.45, 2.75) is 17.7 Å². The molecule has 1 heterocycles. The van der Waals surface area contributed by atoms with Gasteiger partial charge in [0.1, 0.15) is 0 Å². The van der Waals surface area contributed by atoms with E-state index in [-0.39, 0.29) is 23.1 Å². The van der Waals surface area contributed by atoms with E-state index < -0.39 is 15.9 Å². The fraction of sp³-hybridized carbons (Fsp3) is 0.200. The molecule has 0 aromatic heterocycles. The SMILES string of the molecule is O=C(c1ccccc1)c1cc(Br)ccc1NC(=O)C1CCCN(S(=O)(=O)c2ccccc2)C1. The number of hydrogen-bond acceptors (Lipinski definition) is 4. The van der Waals surface area contributed by atoms with Gasteiger partial charge in [-0.25, -0.2) is 8.42 Å². The fourth-order valence-electron chi connectivity index (χ4n) is 3.91. The average molecular weight is 527 g/mol. The summed E-state index contributed by atoms with van der Waals surface area (Å²) in [5.74, 6) is -1.02. The van der Waals surface area contributed by atoms with Crippen molar-refractivity contribution in [3.63, 3.8) is 0 Å². The molecule has 8 heteroatoms. The maximum Gasteiger partial charge on any atom is 0.243 e. The Balaban J connectivity index is 1.53. The highest BCUT2D eigenvalue weighted by atomic mass is 79.9. The van der Waals surface area contributed by atoms with E-state index >= 15 is 0 Å². The fourth-order valence-corrected chi connectivity index (χ4v) is 5.82. The van der Waals surface area contributed by atoms with E-state index in [2.05, 4.69) is 21.2 Å². The van der Waals surface area contributed by atoms with Crippen LogP contribution in [0.5, 0.6) is 0 Å². The summed E-state index contributed by atoms with van der Waals surface area (Å²) >= 11 is 3.39. The van der Waals surface area contributed by atoms with Crippen molar-refractivity contribution in [1.29, 1.82) is 0 Å². The molecule has 0 saturated carbocycles. The molecule has 1 unspecified atom stereocenters. The van der Waals surface area contributed by atoms with Crippen LogP contribution in [0.2, 0.25) is 0 Å². The monoisotopic (exact) mass is 526 g/mol. The predicted octanol–water partition coefficient (Wildman–Crippen LogP) is 4.72. The highest BCUT2D eigenvalue weighted by Gasteiger charge is 2.33. The van der Waals surface area contributed by atoms with Gasteiger partial charge in [-0.1, -0.05) is 64.5 Å². The zero-order valence-electron chi connectivity index (χ0n) is 17.8. The van der Waals surface area contributed by atoms with E-state index in [0.717, 1.165) is 4.47 Å². The Morgan fingerprint density at radius 2 is 1.61 bits per heavy atom. The van der Waals surface area contributed by atoms with Crippen molar-refractivity contribution in [2.24, 2.45) is 5.92 Å². The standard InChI is InChI=1S/C25H23BrN2O4S/c26-20-13-14-23(22(16-20)24(29)18-8-3-1-4-9-18)27-25(30)19-10-7-15-28(17-19)33(31,32)21-11-5-2-6-12-21/h1-6,8-9,11-14,16,19H,7,10,15,17H2,(H,27,30). The maximum atomic E-state index is 13.1. The van der Waals surface area contributed by atoms with Gasteiger partial charge >= 0.3 is 0 Å². The van der Waals surface area contributed by atoms with Gasteiger partial charge in [-0.2, -0.15) is 4.31 Å². The maximum absolute atomic E-state index is 13.1. The van der Waals surface area contributed by atoms with E-state index in [1.807, 2.05) is 6.07 Å². The molecule has 6 nitrogen and oxygen atoms in total. The summed E-state index contributed by atoms with van der Waals surface area (Å²) in [4.78, 5) is 26.4. The number of anilines is 1. The molecule has 0 radical (unpaired) electrons. The number of hydrogen-bond donors (Lipinski definition) is 1. The Kier molecular flexibility index (Phi) is 7.07. The molecule has 1 aliphatic rings. The Hall–Kier alpha value is -2.81. The van der Waals surface area contributed by atoms with Crippen LogP contribution in [-0.4, -0.2) is 37.5 Å². The minimum absolute atomic E-state index is 0.0988. The molecule has 1 amide bonds. The lowest BCUT2D eigenvalue weighted by Crippen LogP contribution is -2.43. The van der Waals surface area contributed by atoms with Gasteiger partial charge < -0.3 is 5.32 Å². The van der Waals surface area contributed by atoms with Crippen molar-refractivity contribution in [2.75, 3.05) is 18.4 Å². The molecule has 3 aromatic carbocycles. The first-order valence-corrected chi connectivity index (χ1v) is 12.8. The quantitative estimate of drug-likeness (QED) is 0.471. The third-order valence-electron chi connectivity index (χ3n) is 5.66. The van der Waals surface area contributed by atoms with Crippen LogP contribution in [0.15, 0.2) is 88.2 Å². The second kappa shape index (κ2) is 9.99. The lowest BCUT2D eigenvalue weighted by Gasteiger charge is -2.31. The number of carbonyl (C=O) groups excluding carboxylic acids is 2. The molecule has 0 aliphatic carbocycles. The van der Waals surface area contributed by atoms with Gasteiger partial charge in [-0.3, -0.25) is 9.59 Å². The summed E-state index contributed by atoms with van der Waals surface area (Å²) in [6, 6.07) is 22.2. The van der Waals surface area contributed by atoms with Gasteiger partial charge in [0.05, 0.1) is 16.5 Å². The van der Waals surface area contributed by atoms with Gasteiger partial charge in [-0.05, 0) is 43.2 Å². The third kappa shape index (κ3) is 5.24. The van der Waals surface area contributed by atoms with Gasteiger partial charge in [0.2, 0.25) is 15.9 Å². The number of benzene rings is 3. The first kappa shape index (κ1) is 23.4. The number of sulfonamides is 1. The highest BCUT2D eigenvalue weighted by molar-refractivity contribution is 9.10. The lowest BCUT2D eigenvalue weighted by atomic mass is 9.97. The molecular formula is C25H23BrN2O4S. The summed E-state index contributed by atoms with van der Waals surface area (Å²) < 4.78 is 28.1. The molecule has 3 aromatic rings. The lowest BCUT2D eigenvalue weighted by molar-refractivity contribution is -0.120. The largest absolute Gasteiger partial charge is 0.325 e. The molecular weight excluding hydrogens is 504 g/mol. The number of rotatable bonds is 6. The second-order valence-corrected chi connectivity index (χ2v) is 10.7. The van der Waals surface area contributed by atoms with Crippen LogP contribution in [0.4, 0.5) is 5.69 Å². The summed E-state index contributed by atoms with van der Waals surface area (Å²) in [6.45, 7) is 0.471. The third-order valence-corrected chi connectivity index (χ3v) is 8.03. The van der Waals surface area contributed by atoms with Crippen LogP contribution in [0.1, 0.15) is 28.8 Å². The molecule has 1 N–H and O–H groups in total. The van der Waals surface area contributed by atoms with Crippen LogP contribution in [0.3, 0.4) is 0 Å². The zero-order valence-corrected chi connectivity index (χ0v) is 20.2. The average Bonchev–Trinajstić information content (AvgIpc) is 2.85. The molecule has 4 rings (SSSR count). The summed E-state index contributed by atoms with van der Waals surface area (Å²) in [6.07, 6.45) is 1.16. The Morgan fingerprint density at radius 1 is 0.939 bits per heavy atom. The first-order valence-electron chi connectivity index (χ1n) is 10.6. The Bertz CT molecular complexity index is 1260. The van der Waals surface area contributed by atoms with Gasteiger partial charge in [0.15, 0.2) is 5.78 Å². The minimum Gasteiger partial charge on any atom is -0.325 e. The normalized spacial score (nSPS) is 16.8. The molecule has 170 valence electrons. The number of halogens is 1. The molecule has 1 aliphatic heterocycles. The van der Waals surface area contributed by atoms with Crippen molar-refractivity contribution >= 4 is 43.3 Å². The first-order chi connectivity index (χ1) is 15.9. The zero-order chi connectivity index (χ0) is 23.4. The number of carbonyl (C=O) groups is 2. The number of ketones is 1. The van der Waals surface area contributed by atoms with E-state index in [9.17, 15) is 18.0 Å². The van der Waals surface area contributed by atoms with Crippen LogP contribution >= 0.6 is 15.9 Å². The van der Waals surface area contributed by atoms with Crippen molar-refractivity contribution in [1.82, 2.24) is 4.31 Å². The van der Waals surface area contributed by atoms with Crippen LogP contribution in [0.25, 0.3) is 0 Å². The molecule has 1 saturated heterocycles. The van der Waals surface area contributed by atoms with Crippen LogP contribution in [0, 0.1) is 5.92 Å². The number of nitrogens with zero attached hydrogens (tertiary/aromatic N) is 1. The Morgan fingerprint density at radius 3 is 2.30 bits per heavy atom. The van der Waals surface area contributed by atoms with Crippen LogP contribution < -0.4 is 5.32 Å². The van der Waals surface area contributed by atoms with Crippen molar-refractivity contribution < 1.29 is 18.0 Å². The molecule has 0 spiro atoms. The van der Waals surface area contributed by atoms with E-state index in [0.29, 0.717) is 36.2 Å². The van der Waals surface area contributed by atoms with E-state index in [1.165, 1.54) is 4.31 Å². The second-order valence-electron chi connectivity index (χ2n) is 7.89. The molecule has 1 atom stereocenters. The van der Waals surface area contributed by atoms with Gasteiger partial charge in [0, 0.05) is 28.7 Å². The van der Waals surface area contributed by atoms with Crippen molar-refractivity contribution in [3.05, 3.63) is 94.5 Å². The minimum atomic E-state index is -3.67. The topological polar surface area (TPSA) is 83.6 Å². The number of amides is 1. The smallest absolute Gasteiger partial charge is 0.243 e. The molecule has 33 heavy (non-hydrogen) atoms. The molecule has 1 fully saturated rings. The van der Waals surface area contributed by atoms with Crippen LogP contribution in [-0.2, 0) is 14.8 Å². The van der Waals surface area contributed by atoms with E-state index in [1.54, 1.807) is 72.8 Å². The summed E-state index contributed by atoms with van der Waals surface area (Å²) in [5, 5.41) is 2.87. The number of nitrogens with one attached hydrogen (secondary N) is 1. The summed E-state index contributed by atoms with van der Waals surface area (Å²) in [7, 11) is -3.67. The Labute approximate surface area is 201 Å². The predicted molar refractivity (Wildman–Crippen MR) is 131 cm³/mol. The van der Waals surface area contributed by atoms with E-state index in [4.69, 9.17) is 0 Å². The van der Waals surface area contributed by atoms with Gasteiger partial charge in [-0.15, -0.1) is 0 Å². The van der Waals surface area contributed by atoms with Crippen molar-refractivity contribution in [3.8, 4) is 0 Å². The highest BCUT2D eigenvalue weighted by Crippen LogP contribution is 2.27.